The van der Waals surface area contributed by atoms with E-state index in [1.54, 1.807) is 25.2 Å². The van der Waals surface area contributed by atoms with Crippen LogP contribution in [0.25, 0.3) is 0 Å². The summed E-state index contributed by atoms with van der Waals surface area (Å²) in [6.45, 7) is 0.473. The normalized spacial score (nSPS) is 12.8. The van der Waals surface area contributed by atoms with Gasteiger partial charge in [-0.15, -0.1) is 0 Å². The largest absolute Gasteiger partial charge is 0.507 e. The highest BCUT2D eigenvalue weighted by molar-refractivity contribution is 9.10. The molecule has 3 N–H and O–H groups in total. The first-order chi connectivity index (χ1) is 6.15. The molecule has 0 fully saturated rings. The number of benzene rings is 1. The molecule has 1 atom stereocenters. The van der Waals surface area contributed by atoms with Gasteiger partial charge in [0.15, 0.2) is 0 Å². The molecule has 0 bridgehead atoms. The summed E-state index contributed by atoms with van der Waals surface area (Å²) >= 11 is 3.17. The molecule has 0 unspecified atom stereocenters. The van der Waals surface area contributed by atoms with E-state index >= 15 is 0 Å². The lowest BCUT2D eigenvalue weighted by molar-refractivity contribution is 0.177. The van der Waals surface area contributed by atoms with E-state index in [0.717, 1.165) is 0 Å². The average Bonchev–Trinajstić information content (AvgIpc) is 2.10. The Labute approximate surface area is 85.5 Å². The first-order valence-corrected chi connectivity index (χ1v) is 4.75. The number of rotatable bonds is 3. The lowest BCUT2D eigenvalue weighted by Gasteiger charge is -2.10. The van der Waals surface area contributed by atoms with Crippen molar-refractivity contribution in [3.8, 4) is 5.75 Å². The van der Waals surface area contributed by atoms with Gasteiger partial charge in [0.1, 0.15) is 5.75 Å². The third kappa shape index (κ3) is 2.69. The fourth-order valence-corrected chi connectivity index (χ4v) is 1.29. The van der Waals surface area contributed by atoms with E-state index in [4.69, 9.17) is 0 Å². The van der Waals surface area contributed by atoms with Crippen LogP contribution in [0.3, 0.4) is 0 Å². The van der Waals surface area contributed by atoms with Crippen molar-refractivity contribution in [1.82, 2.24) is 5.32 Å². The molecule has 0 heterocycles. The number of aliphatic hydroxyl groups excluding tert-OH is 1. The lowest BCUT2D eigenvalue weighted by atomic mass is 10.1. The Hall–Kier alpha value is -0.580. The van der Waals surface area contributed by atoms with Gasteiger partial charge in [0.25, 0.3) is 0 Å². The van der Waals surface area contributed by atoms with Crippen molar-refractivity contribution in [3.05, 3.63) is 28.2 Å². The Kier molecular flexibility index (Phi) is 3.71. The molecule has 0 aliphatic rings. The molecular weight excluding hydrogens is 234 g/mol. The highest BCUT2D eigenvalue weighted by Gasteiger charge is 2.07. The van der Waals surface area contributed by atoms with Crippen molar-refractivity contribution in [2.24, 2.45) is 0 Å². The molecule has 0 aliphatic carbocycles. The van der Waals surface area contributed by atoms with Crippen molar-refractivity contribution >= 4 is 15.9 Å². The van der Waals surface area contributed by atoms with Crippen LogP contribution >= 0.6 is 15.9 Å². The van der Waals surface area contributed by atoms with Gasteiger partial charge in [-0.05, 0) is 40.7 Å². The van der Waals surface area contributed by atoms with Crippen LogP contribution in [0.2, 0.25) is 0 Å². The predicted octanol–water partition coefficient (Wildman–Crippen LogP) is 1.41. The number of halogens is 1. The zero-order valence-electron chi connectivity index (χ0n) is 7.29. The summed E-state index contributed by atoms with van der Waals surface area (Å²) in [6, 6.07) is 5.03. The van der Waals surface area contributed by atoms with Gasteiger partial charge in [0.2, 0.25) is 0 Å². The number of aliphatic hydroxyl groups is 1. The van der Waals surface area contributed by atoms with Crippen molar-refractivity contribution in [3.63, 3.8) is 0 Å². The van der Waals surface area contributed by atoms with Gasteiger partial charge >= 0.3 is 0 Å². The average molecular weight is 246 g/mol. The number of phenolic OH excluding ortho intramolecular Hbond substituents is 1. The van der Waals surface area contributed by atoms with Crippen molar-refractivity contribution < 1.29 is 10.2 Å². The molecule has 0 radical (unpaired) electrons. The monoisotopic (exact) mass is 245 g/mol. The van der Waals surface area contributed by atoms with Crippen molar-refractivity contribution in [1.29, 1.82) is 0 Å². The quantitative estimate of drug-likeness (QED) is 0.755. The molecule has 0 amide bonds. The number of nitrogens with one attached hydrogen (secondary N) is 1. The molecule has 0 aromatic heterocycles. The van der Waals surface area contributed by atoms with Gasteiger partial charge in [-0.3, -0.25) is 0 Å². The summed E-state index contributed by atoms with van der Waals surface area (Å²) in [5.74, 6) is 0.146. The molecule has 1 aromatic carbocycles. The number of hydrogen-bond donors (Lipinski definition) is 3. The van der Waals surface area contributed by atoms with E-state index in [9.17, 15) is 10.2 Å². The molecule has 13 heavy (non-hydrogen) atoms. The van der Waals surface area contributed by atoms with Crippen LogP contribution in [0, 0.1) is 0 Å². The summed E-state index contributed by atoms with van der Waals surface area (Å²) in [5.41, 5.74) is 0.704. The summed E-state index contributed by atoms with van der Waals surface area (Å²) < 4.78 is 0.632. The zero-order valence-corrected chi connectivity index (χ0v) is 8.87. The van der Waals surface area contributed by atoms with Crippen LogP contribution in [0.5, 0.6) is 5.75 Å². The second-order valence-electron chi connectivity index (χ2n) is 2.78. The fourth-order valence-electron chi connectivity index (χ4n) is 1.05. The molecule has 4 heteroatoms. The third-order valence-corrected chi connectivity index (χ3v) is 2.42. The molecular formula is C9H12BrNO2. The number of likely N-dealkylation sites (N-methyl/N-ethyl adjacent to an activating group) is 1. The summed E-state index contributed by atoms with van der Waals surface area (Å²) in [6.07, 6.45) is -0.580. The van der Waals surface area contributed by atoms with Gasteiger partial charge in [0.05, 0.1) is 10.6 Å². The summed E-state index contributed by atoms with van der Waals surface area (Å²) in [5, 5.41) is 21.7. The fraction of sp³-hybridized carbons (Fsp3) is 0.333. The predicted molar refractivity (Wildman–Crippen MR) is 54.7 cm³/mol. The van der Waals surface area contributed by atoms with E-state index < -0.39 is 6.10 Å². The second kappa shape index (κ2) is 4.60. The van der Waals surface area contributed by atoms with Crippen LogP contribution in [0.4, 0.5) is 0 Å². The van der Waals surface area contributed by atoms with Crippen molar-refractivity contribution in [2.45, 2.75) is 6.10 Å². The van der Waals surface area contributed by atoms with Crippen LogP contribution in [-0.2, 0) is 0 Å². The van der Waals surface area contributed by atoms with Gasteiger partial charge in [-0.2, -0.15) is 0 Å². The maximum absolute atomic E-state index is 9.55. The minimum atomic E-state index is -0.580. The molecule has 3 nitrogen and oxygen atoms in total. The highest BCUT2D eigenvalue weighted by atomic mass is 79.9. The SMILES string of the molecule is CNC[C@@H](O)c1ccc(Br)c(O)c1. The van der Waals surface area contributed by atoms with Crippen molar-refractivity contribution in [2.75, 3.05) is 13.6 Å². The number of phenols is 1. The Morgan fingerprint density at radius 1 is 1.54 bits per heavy atom. The Balaban J connectivity index is 2.84. The summed E-state index contributed by atoms with van der Waals surface area (Å²) in [7, 11) is 1.77. The standard InChI is InChI=1S/C9H12BrNO2/c1-11-5-9(13)6-2-3-7(10)8(12)4-6/h2-4,9,11-13H,5H2,1H3/t9-/m1/s1. The molecule has 1 rings (SSSR count). The first-order valence-electron chi connectivity index (χ1n) is 3.96. The topological polar surface area (TPSA) is 52.5 Å². The molecule has 0 saturated carbocycles. The minimum absolute atomic E-state index is 0.146. The van der Waals surface area contributed by atoms with E-state index in [-0.39, 0.29) is 5.75 Å². The van der Waals surface area contributed by atoms with Gasteiger partial charge < -0.3 is 15.5 Å². The molecule has 0 spiro atoms. The summed E-state index contributed by atoms with van der Waals surface area (Å²) in [4.78, 5) is 0. The maximum Gasteiger partial charge on any atom is 0.130 e. The Morgan fingerprint density at radius 3 is 2.77 bits per heavy atom. The lowest BCUT2D eigenvalue weighted by Crippen LogP contribution is -2.16. The number of hydrogen-bond acceptors (Lipinski definition) is 3. The molecule has 1 aromatic rings. The molecule has 0 saturated heterocycles. The van der Waals surface area contributed by atoms with Gasteiger partial charge in [-0.25, -0.2) is 0 Å². The van der Waals surface area contributed by atoms with Crippen LogP contribution in [-0.4, -0.2) is 23.8 Å². The zero-order chi connectivity index (χ0) is 9.84. The molecule has 0 aliphatic heterocycles. The van der Waals surface area contributed by atoms with Crippen LogP contribution in [0.15, 0.2) is 22.7 Å². The van der Waals surface area contributed by atoms with Gasteiger partial charge in [0, 0.05) is 6.54 Å². The van der Waals surface area contributed by atoms with E-state index in [2.05, 4.69) is 21.2 Å². The Bertz CT molecular complexity index is 291. The third-order valence-electron chi connectivity index (χ3n) is 1.75. The smallest absolute Gasteiger partial charge is 0.130 e. The molecule has 72 valence electrons. The van der Waals surface area contributed by atoms with E-state index in [1.165, 1.54) is 0 Å². The number of aromatic hydroxyl groups is 1. The Morgan fingerprint density at radius 2 is 2.23 bits per heavy atom. The minimum Gasteiger partial charge on any atom is -0.507 e. The van der Waals surface area contributed by atoms with E-state index in [1.807, 2.05) is 0 Å². The van der Waals surface area contributed by atoms with Crippen LogP contribution < -0.4 is 5.32 Å². The highest BCUT2D eigenvalue weighted by Crippen LogP contribution is 2.26. The van der Waals surface area contributed by atoms with E-state index in [0.29, 0.717) is 16.6 Å². The van der Waals surface area contributed by atoms with Gasteiger partial charge in [-0.1, -0.05) is 6.07 Å². The second-order valence-corrected chi connectivity index (χ2v) is 3.64. The first kappa shape index (κ1) is 10.5. The maximum atomic E-state index is 9.55. The van der Waals surface area contributed by atoms with Crippen LogP contribution in [0.1, 0.15) is 11.7 Å².